The molecule has 1 aliphatic heterocycles. The van der Waals surface area contributed by atoms with E-state index in [0.29, 0.717) is 47.5 Å². The summed E-state index contributed by atoms with van der Waals surface area (Å²) < 4.78 is 26.7. The van der Waals surface area contributed by atoms with Crippen LogP contribution in [0.2, 0.25) is 0 Å². The number of carbonyl (C=O) groups is 1. The first-order chi connectivity index (χ1) is 23.0. The highest BCUT2D eigenvalue weighted by molar-refractivity contribution is 6.01. The van der Waals surface area contributed by atoms with Crippen LogP contribution < -0.4 is 10.1 Å². The predicted molar refractivity (Wildman–Crippen MR) is 179 cm³/mol. The number of halogens is 1. The Bertz CT molecular complexity index is 1760. The Kier molecular flexibility index (Phi) is 11.4. The topological polar surface area (TPSA) is 129 Å². The highest BCUT2D eigenvalue weighted by Gasteiger charge is 2.53. The van der Waals surface area contributed by atoms with Crippen LogP contribution in [0.4, 0.5) is 4.39 Å². The van der Waals surface area contributed by atoms with Crippen LogP contribution in [0.15, 0.2) is 119 Å². The summed E-state index contributed by atoms with van der Waals surface area (Å²) in [7, 11) is 0. The van der Waals surface area contributed by atoms with Gasteiger partial charge in [0.05, 0.1) is 13.2 Å². The lowest BCUT2D eigenvalue weighted by Crippen LogP contribution is -2.48. The van der Waals surface area contributed by atoms with Gasteiger partial charge in [0.1, 0.15) is 11.6 Å². The van der Waals surface area contributed by atoms with Gasteiger partial charge in [0.25, 0.3) is 5.91 Å². The zero-order chi connectivity index (χ0) is 32.9. The molecule has 0 saturated heterocycles. The Morgan fingerprint density at radius 1 is 1.02 bits per heavy atom. The standard InChI is InChI=1S/C37H36FN5O4/c38-33-16-7-5-13-28(33)21-23-40-36(45)37(22-8-12-27-10-2-1-3-11-27)34(32-15-6-4-14-30(32)26-41-43-39)47-35(42-37)29-17-19-31(20-18-29)46-25-9-24-44/h1-8,10-20,34,44H,9,21-26H2,(H,40,45)/b12-8+/t34-,37-/m1/s1. The molecule has 9 nitrogen and oxygen atoms in total. The number of aliphatic imine (C=N–C) groups is 1. The number of ether oxygens (including phenoxy) is 2. The van der Waals surface area contributed by atoms with E-state index in [1.165, 1.54) is 6.07 Å². The predicted octanol–water partition coefficient (Wildman–Crippen LogP) is 7.12. The molecular weight excluding hydrogens is 597 g/mol. The van der Waals surface area contributed by atoms with E-state index >= 15 is 0 Å². The van der Waals surface area contributed by atoms with Gasteiger partial charge in [-0.3, -0.25) is 4.79 Å². The van der Waals surface area contributed by atoms with E-state index in [1.807, 2.05) is 78.9 Å². The van der Waals surface area contributed by atoms with Crippen molar-refractivity contribution in [3.8, 4) is 5.75 Å². The Balaban J connectivity index is 1.54. The molecule has 240 valence electrons. The van der Waals surface area contributed by atoms with E-state index in [1.54, 1.807) is 30.3 Å². The first-order valence-corrected chi connectivity index (χ1v) is 15.5. The van der Waals surface area contributed by atoms with E-state index < -0.39 is 11.6 Å². The van der Waals surface area contributed by atoms with Gasteiger partial charge >= 0.3 is 0 Å². The number of amides is 1. The summed E-state index contributed by atoms with van der Waals surface area (Å²) in [6.07, 6.45) is 3.95. The number of hydrogen-bond acceptors (Lipinski definition) is 6. The molecule has 0 spiro atoms. The Morgan fingerprint density at radius 3 is 2.49 bits per heavy atom. The van der Waals surface area contributed by atoms with Crippen LogP contribution in [-0.2, 0) is 22.5 Å². The fourth-order valence-corrected chi connectivity index (χ4v) is 5.44. The highest BCUT2D eigenvalue weighted by atomic mass is 19.1. The van der Waals surface area contributed by atoms with Gasteiger partial charge in [0, 0.05) is 36.5 Å². The molecule has 0 radical (unpaired) electrons. The van der Waals surface area contributed by atoms with Crippen molar-refractivity contribution in [3.05, 3.63) is 153 Å². The van der Waals surface area contributed by atoms with E-state index in [9.17, 15) is 9.18 Å². The van der Waals surface area contributed by atoms with Gasteiger partial charge < -0.3 is 19.9 Å². The number of nitrogens with one attached hydrogen (secondary N) is 1. The van der Waals surface area contributed by atoms with Crippen LogP contribution in [-0.4, -0.2) is 42.2 Å². The molecule has 1 heterocycles. The third kappa shape index (κ3) is 8.24. The second-order valence-electron chi connectivity index (χ2n) is 11.0. The molecule has 1 aliphatic rings. The van der Waals surface area contributed by atoms with Gasteiger partial charge in [-0.15, -0.1) is 0 Å². The smallest absolute Gasteiger partial charge is 0.252 e. The number of nitrogens with zero attached hydrogens (tertiary/aromatic N) is 4. The van der Waals surface area contributed by atoms with Crippen LogP contribution in [0.25, 0.3) is 16.5 Å². The van der Waals surface area contributed by atoms with Gasteiger partial charge in [-0.1, -0.05) is 90.1 Å². The zero-order valence-corrected chi connectivity index (χ0v) is 25.8. The largest absolute Gasteiger partial charge is 0.494 e. The lowest BCUT2D eigenvalue weighted by molar-refractivity contribution is -0.128. The third-order valence-corrected chi connectivity index (χ3v) is 7.85. The maximum atomic E-state index is 14.4. The molecule has 0 saturated carbocycles. The average Bonchev–Trinajstić information content (AvgIpc) is 3.49. The quantitative estimate of drug-likeness (QED) is 0.0625. The lowest BCUT2D eigenvalue weighted by Gasteiger charge is -2.31. The summed E-state index contributed by atoms with van der Waals surface area (Å²) in [5.41, 5.74) is 11.1. The number of hydrogen-bond donors (Lipinski definition) is 2. The molecule has 2 N–H and O–H groups in total. The molecule has 4 aromatic carbocycles. The molecule has 0 fully saturated rings. The Hall–Kier alpha value is -5.44. The Morgan fingerprint density at radius 2 is 1.74 bits per heavy atom. The molecule has 0 aliphatic carbocycles. The first-order valence-electron chi connectivity index (χ1n) is 15.5. The zero-order valence-electron chi connectivity index (χ0n) is 25.8. The second kappa shape index (κ2) is 16.2. The van der Waals surface area contributed by atoms with Crippen molar-refractivity contribution in [2.75, 3.05) is 19.8 Å². The summed E-state index contributed by atoms with van der Waals surface area (Å²) in [4.78, 5) is 22.4. The molecule has 0 aromatic heterocycles. The van der Waals surface area contributed by atoms with Crippen molar-refractivity contribution >= 4 is 17.9 Å². The molecule has 0 bridgehead atoms. The summed E-state index contributed by atoms with van der Waals surface area (Å²) in [6, 6.07) is 30.8. The lowest BCUT2D eigenvalue weighted by atomic mass is 9.82. The van der Waals surface area contributed by atoms with Crippen molar-refractivity contribution in [1.29, 1.82) is 0 Å². The van der Waals surface area contributed by atoms with Gasteiger partial charge in [-0.25, -0.2) is 9.38 Å². The minimum Gasteiger partial charge on any atom is -0.494 e. The fraction of sp³-hybridized carbons (Fsp3) is 0.243. The minimum atomic E-state index is -1.46. The van der Waals surface area contributed by atoms with E-state index in [2.05, 4.69) is 15.3 Å². The molecule has 47 heavy (non-hydrogen) atoms. The minimum absolute atomic E-state index is 0.0361. The molecular formula is C37H36FN5O4. The SMILES string of the molecule is [N-]=[N+]=NCc1ccccc1[C@H]1OC(c2ccc(OCCCO)cc2)=N[C@@]1(C/C=C/c1ccccc1)C(=O)NCCc1ccccc1F. The average molecular weight is 634 g/mol. The second-order valence-corrected chi connectivity index (χ2v) is 11.0. The van der Waals surface area contributed by atoms with E-state index in [-0.39, 0.29) is 43.7 Å². The van der Waals surface area contributed by atoms with Crippen LogP contribution in [0.5, 0.6) is 5.75 Å². The van der Waals surface area contributed by atoms with Crippen molar-refractivity contribution in [2.24, 2.45) is 10.1 Å². The van der Waals surface area contributed by atoms with Crippen molar-refractivity contribution in [3.63, 3.8) is 0 Å². The van der Waals surface area contributed by atoms with Gasteiger partial charge in [0.2, 0.25) is 5.90 Å². The summed E-state index contributed by atoms with van der Waals surface area (Å²) in [6.45, 7) is 0.657. The number of benzene rings is 4. The number of azide groups is 1. The van der Waals surface area contributed by atoms with Crippen molar-refractivity contribution in [1.82, 2.24) is 5.32 Å². The first kappa shape index (κ1) is 32.9. The summed E-state index contributed by atoms with van der Waals surface area (Å²) in [5, 5.41) is 15.9. The molecule has 0 unspecified atom stereocenters. The number of aliphatic hydroxyl groups is 1. The number of aliphatic hydroxyl groups excluding tert-OH is 1. The monoisotopic (exact) mass is 633 g/mol. The van der Waals surface area contributed by atoms with Gasteiger partial charge in [-0.2, -0.15) is 0 Å². The normalized spacial score (nSPS) is 17.1. The maximum absolute atomic E-state index is 14.4. The van der Waals surface area contributed by atoms with Crippen molar-refractivity contribution in [2.45, 2.75) is 37.5 Å². The van der Waals surface area contributed by atoms with Crippen LogP contribution in [0, 0.1) is 5.82 Å². The van der Waals surface area contributed by atoms with Crippen LogP contribution in [0.3, 0.4) is 0 Å². The molecule has 5 rings (SSSR count). The Labute approximate surface area is 273 Å². The summed E-state index contributed by atoms with van der Waals surface area (Å²) in [5.74, 6) is 0.183. The van der Waals surface area contributed by atoms with Crippen LogP contribution in [0.1, 0.15) is 46.8 Å². The summed E-state index contributed by atoms with van der Waals surface area (Å²) >= 11 is 0. The third-order valence-electron chi connectivity index (χ3n) is 7.85. The maximum Gasteiger partial charge on any atom is 0.252 e. The fourth-order valence-electron chi connectivity index (χ4n) is 5.44. The van der Waals surface area contributed by atoms with Crippen LogP contribution >= 0.6 is 0 Å². The van der Waals surface area contributed by atoms with Gasteiger partial charge in [-0.05, 0) is 64.5 Å². The highest BCUT2D eigenvalue weighted by Crippen LogP contribution is 2.44. The number of rotatable bonds is 15. The molecule has 1 amide bonds. The van der Waals surface area contributed by atoms with Crippen molar-refractivity contribution < 1.29 is 23.8 Å². The molecule has 2 atom stereocenters. The molecule has 4 aromatic rings. The number of carbonyl (C=O) groups excluding carboxylic acids is 1. The van der Waals surface area contributed by atoms with Gasteiger partial charge in [0.15, 0.2) is 11.6 Å². The van der Waals surface area contributed by atoms with E-state index in [0.717, 1.165) is 5.56 Å². The van der Waals surface area contributed by atoms with E-state index in [4.69, 9.17) is 25.1 Å². The molecule has 10 heteroatoms.